The maximum atomic E-state index is 6.27. The number of likely N-dealkylation sites (N-methyl/N-ethyl adjacent to an activating group) is 1. The molecule has 0 spiro atoms. The molecule has 88 valence electrons. The predicted octanol–water partition coefficient (Wildman–Crippen LogP) is 2.38. The first kappa shape index (κ1) is 11.4. The Morgan fingerprint density at radius 1 is 1.20 bits per heavy atom. The van der Waals surface area contributed by atoms with Crippen LogP contribution in [0.1, 0.15) is 51.9 Å². The molecule has 0 saturated heterocycles. The third-order valence-corrected chi connectivity index (χ3v) is 4.73. The summed E-state index contributed by atoms with van der Waals surface area (Å²) in [6.07, 6.45) is 9.49. The van der Waals surface area contributed by atoms with Gasteiger partial charge in [-0.05, 0) is 45.1 Å². The van der Waals surface area contributed by atoms with Crippen molar-refractivity contribution in [2.45, 2.75) is 70.0 Å². The Morgan fingerprint density at radius 3 is 2.47 bits per heavy atom. The van der Waals surface area contributed by atoms with Crippen molar-refractivity contribution in [3.8, 4) is 0 Å². The normalized spacial score (nSPS) is 38.0. The van der Waals surface area contributed by atoms with Gasteiger partial charge in [-0.25, -0.2) is 0 Å². The van der Waals surface area contributed by atoms with E-state index in [1.54, 1.807) is 0 Å². The van der Waals surface area contributed by atoms with Gasteiger partial charge in [-0.15, -0.1) is 0 Å². The van der Waals surface area contributed by atoms with E-state index in [9.17, 15) is 0 Å². The molecule has 0 aromatic rings. The van der Waals surface area contributed by atoms with Crippen LogP contribution >= 0.6 is 0 Å². The van der Waals surface area contributed by atoms with E-state index >= 15 is 0 Å². The summed E-state index contributed by atoms with van der Waals surface area (Å²) in [4.78, 5) is 2.59. The fourth-order valence-electron chi connectivity index (χ4n) is 3.16. The molecule has 0 aliphatic heterocycles. The van der Waals surface area contributed by atoms with Crippen molar-refractivity contribution in [2.75, 3.05) is 7.05 Å². The molecular formula is C13H26N2. The van der Waals surface area contributed by atoms with Crippen LogP contribution in [0.15, 0.2) is 0 Å². The van der Waals surface area contributed by atoms with E-state index in [-0.39, 0.29) is 0 Å². The summed E-state index contributed by atoms with van der Waals surface area (Å²) in [6, 6.07) is 1.93. The Bertz CT molecular complexity index is 201. The minimum atomic E-state index is 0.429. The van der Waals surface area contributed by atoms with E-state index in [0.717, 1.165) is 12.0 Å². The zero-order valence-electron chi connectivity index (χ0n) is 10.3. The van der Waals surface area contributed by atoms with Crippen molar-refractivity contribution in [3.05, 3.63) is 0 Å². The molecule has 2 saturated carbocycles. The van der Waals surface area contributed by atoms with Crippen molar-refractivity contribution in [3.63, 3.8) is 0 Å². The highest BCUT2D eigenvalue weighted by atomic mass is 15.2. The molecule has 2 rings (SSSR count). The van der Waals surface area contributed by atoms with E-state index in [1.165, 1.54) is 44.9 Å². The summed E-state index contributed by atoms with van der Waals surface area (Å²) in [6.45, 7) is 2.32. The average Bonchev–Trinajstić information content (AvgIpc) is 2.15. The summed E-state index contributed by atoms with van der Waals surface area (Å²) in [7, 11) is 2.30. The lowest BCUT2D eigenvalue weighted by atomic mass is 9.79. The highest BCUT2D eigenvalue weighted by Gasteiger charge is 2.34. The maximum absolute atomic E-state index is 6.27. The quantitative estimate of drug-likeness (QED) is 0.775. The molecule has 0 aromatic heterocycles. The van der Waals surface area contributed by atoms with Gasteiger partial charge in [-0.2, -0.15) is 0 Å². The summed E-state index contributed by atoms with van der Waals surface area (Å²) >= 11 is 0. The molecule has 2 heteroatoms. The van der Waals surface area contributed by atoms with Crippen LogP contribution < -0.4 is 5.73 Å². The third-order valence-electron chi connectivity index (χ3n) is 4.73. The van der Waals surface area contributed by atoms with Crippen LogP contribution in [0, 0.1) is 5.92 Å². The van der Waals surface area contributed by atoms with E-state index < -0.39 is 0 Å². The lowest BCUT2D eigenvalue weighted by molar-refractivity contribution is 0.0599. The first-order chi connectivity index (χ1) is 7.22. The molecule has 2 aliphatic rings. The number of nitrogens with zero attached hydrogens (tertiary/aromatic N) is 1. The van der Waals surface area contributed by atoms with Crippen molar-refractivity contribution in [1.82, 2.24) is 4.90 Å². The average molecular weight is 210 g/mol. The van der Waals surface area contributed by atoms with Gasteiger partial charge in [0.25, 0.3) is 0 Å². The van der Waals surface area contributed by atoms with Crippen LogP contribution in [0.25, 0.3) is 0 Å². The molecule has 0 heterocycles. The van der Waals surface area contributed by atoms with Gasteiger partial charge in [0.15, 0.2) is 0 Å². The minimum Gasteiger partial charge on any atom is -0.326 e. The van der Waals surface area contributed by atoms with Crippen LogP contribution in [0.5, 0.6) is 0 Å². The highest BCUT2D eigenvalue weighted by molar-refractivity contribution is 4.92. The molecule has 15 heavy (non-hydrogen) atoms. The number of nitrogens with two attached hydrogens (primary N) is 1. The zero-order valence-corrected chi connectivity index (χ0v) is 10.3. The maximum Gasteiger partial charge on any atom is 0.0249 e. The fourth-order valence-corrected chi connectivity index (χ4v) is 3.16. The Morgan fingerprint density at radius 2 is 1.93 bits per heavy atom. The largest absolute Gasteiger partial charge is 0.326 e. The molecule has 3 unspecified atom stereocenters. The van der Waals surface area contributed by atoms with Crippen molar-refractivity contribution in [1.29, 1.82) is 0 Å². The molecule has 0 radical (unpaired) electrons. The number of rotatable bonds is 3. The molecule has 0 bridgehead atoms. The minimum absolute atomic E-state index is 0.429. The lowest BCUT2D eigenvalue weighted by Gasteiger charge is -2.45. The fraction of sp³-hybridized carbons (Fsp3) is 1.00. The van der Waals surface area contributed by atoms with Crippen molar-refractivity contribution < 1.29 is 0 Å². The summed E-state index contributed by atoms with van der Waals surface area (Å²) in [5.41, 5.74) is 6.27. The van der Waals surface area contributed by atoms with Gasteiger partial charge < -0.3 is 5.73 Å². The molecule has 2 nitrogen and oxygen atoms in total. The zero-order chi connectivity index (χ0) is 10.8. The van der Waals surface area contributed by atoms with Crippen LogP contribution in [0.4, 0.5) is 0 Å². The second-order valence-corrected chi connectivity index (χ2v) is 5.57. The number of hydrogen-bond donors (Lipinski definition) is 1. The standard InChI is InChI=1S/C13H26N2/c1-3-10-7-8-12(14)13(9-10)15(2)11-5-4-6-11/h10-13H,3-9,14H2,1-2H3. The van der Waals surface area contributed by atoms with Crippen LogP contribution in [0.3, 0.4) is 0 Å². The molecule has 2 N–H and O–H groups in total. The Balaban J connectivity index is 1.92. The predicted molar refractivity (Wildman–Crippen MR) is 64.8 cm³/mol. The second-order valence-electron chi connectivity index (χ2n) is 5.57. The molecular weight excluding hydrogens is 184 g/mol. The summed E-state index contributed by atoms with van der Waals surface area (Å²) in [5, 5.41) is 0. The monoisotopic (exact) mass is 210 g/mol. The van der Waals surface area contributed by atoms with E-state index in [0.29, 0.717) is 12.1 Å². The smallest absolute Gasteiger partial charge is 0.0249 e. The molecule has 2 aliphatic carbocycles. The van der Waals surface area contributed by atoms with Crippen molar-refractivity contribution >= 4 is 0 Å². The topological polar surface area (TPSA) is 29.3 Å². The van der Waals surface area contributed by atoms with E-state index in [4.69, 9.17) is 5.73 Å². The van der Waals surface area contributed by atoms with E-state index in [1.807, 2.05) is 0 Å². The Hall–Kier alpha value is -0.0800. The summed E-state index contributed by atoms with van der Waals surface area (Å²) < 4.78 is 0. The summed E-state index contributed by atoms with van der Waals surface area (Å²) in [5.74, 6) is 0.928. The van der Waals surface area contributed by atoms with Gasteiger partial charge >= 0.3 is 0 Å². The van der Waals surface area contributed by atoms with E-state index in [2.05, 4.69) is 18.9 Å². The molecule has 2 fully saturated rings. The van der Waals surface area contributed by atoms with Crippen LogP contribution in [-0.4, -0.2) is 30.1 Å². The first-order valence-electron chi connectivity index (χ1n) is 6.70. The third kappa shape index (κ3) is 2.36. The highest BCUT2D eigenvalue weighted by Crippen LogP contribution is 2.33. The van der Waals surface area contributed by atoms with Gasteiger partial charge in [0.1, 0.15) is 0 Å². The first-order valence-corrected chi connectivity index (χ1v) is 6.70. The van der Waals surface area contributed by atoms with Gasteiger partial charge in [0.05, 0.1) is 0 Å². The molecule has 3 atom stereocenters. The molecule has 0 amide bonds. The van der Waals surface area contributed by atoms with Gasteiger partial charge in [0.2, 0.25) is 0 Å². The lowest BCUT2D eigenvalue weighted by Crippen LogP contribution is -2.54. The molecule has 0 aromatic carbocycles. The van der Waals surface area contributed by atoms with Crippen LogP contribution in [-0.2, 0) is 0 Å². The number of hydrogen-bond acceptors (Lipinski definition) is 2. The van der Waals surface area contributed by atoms with Gasteiger partial charge in [-0.1, -0.05) is 19.8 Å². The van der Waals surface area contributed by atoms with Crippen LogP contribution in [0.2, 0.25) is 0 Å². The Kier molecular flexibility index (Phi) is 3.68. The van der Waals surface area contributed by atoms with Crippen molar-refractivity contribution in [2.24, 2.45) is 11.7 Å². The second kappa shape index (κ2) is 4.84. The van der Waals surface area contributed by atoms with Gasteiger partial charge in [0, 0.05) is 18.1 Å². The SMILES string of the molecule is CCC1CCC(N)C(N(C)C2CCC2)C1. The van der Waals surface area contributed by atoms with Gasteiger partial charge in [-0.3, -0.25) is 4.90 Å². The Labute approximate surface area is 94.2 Å².